The van der Waals surface area contributed by atoms with Crippen molar-refractivity contribution >= 4 is 10.9 Å². The maximum atomic E-state index is 4.77. The van der Waals surface area contributed by atoms with Crippen molar-refractivity contribution in [1.29, 1.82) is 0 Å². The minimum atomic E-state index is 0.355. The topological polar surface area (TPSA) is 56.7 Å². The van der Waals surface area contributed by atoms with Gasteiger partial charge in [-0.1, -0.05) is 32.0 Å². The predicted octanol–water partition coefficient (Wildman–Crippen LogP) is 2.53. The van der Waals surface area contributed by atoms with Crippen LogP contribution in [0, 0.1) is 0 Å². The van der Waals surface area contributed by atoms with Crippen molar-refractivity contribution in [2.75, 3.05) is 0 Å². The van der Waals surface area contributed by atoms with Crippen molar-refractivity contribution in [2.45, 2.75) is 19.8 Å². The monoisotopic (exact) mass is 228 g/mol. The Labute approximate surface area is 98.1 Å². The molecule has 17 heavy (non-hydrogen) atoms. The maximum absolute atomic E-state index is 4.77. The zero-order valence-corrected chi connectivity index (χ0v) is 9.66. The molecular weight excluding hydrogens is 216 g/mol. The number of hydrogen-bond donors (Lipinski definition) is 0. The molecule has 2 heterocycles. The highest BCUT2D eigenvalue weighted by Gasteiger charge is 2.15. The van der Waals surface area contributed by atoms with Gasteiger partial charge in [-0.05, 0) is 17.1 Å². The number of benzene rings is 1. The molecule has 0 amide bonds. The van der Waals surface area contributed by atoms with Crippen LogP contribution in [0.25, 0.3) is 16.9 Å². The molecule has 0 N–H and O–H groups in total. The van der Waals surface area contributed by atoms with E-state index in [-0.39, 0.29) is 0 Å². The molecule has 0 aliphatic rings. The lowest BCUT2D eigenvalue weighted by atomic mass is 10.1. The number of nitrogens with zero attached hydrogens (tertiary/aromatic N) is 4. The first-order valence-electron chi connectivity index (χ1n) is 5.52. The molecule has 0 aliphatic heterocycles. The Balaban J connectivity index is 2.33. The van der Waals surface area contributed by atoms with Crippen LogP contribution in [0.4, 0.5) is 0 Å². The van der Waals surface area contributed by atoms with Gasteiger partial charge >= 0.3 is 0 Å². The summed E-state index contributed by atoms with van der Waals surface area (Å²) in [7, 11) is 0. The average Bonchev–Trinajstić information content (AvgIpc) is 2.95. The van der Waals surface area contributed by atoms with Crippen molar-refractivity contribution in [3.63, 3.8) is 0 Å². The molecule has 0 saturated heterocycles. The van der Waals surface area contributed by atoms with Crippen LogP contribution in [-0.2, 0) is 0 Å². The molecule has 0 radical (unpaired) electrons. The number of para-hydroxylation sites is 1. The van der Waals surface area contributed by atoms with Gasteiger partial charge in [-0.25, -0.2) is 0 Å². The lowest BCUT2D eigenvalue weighted by Gasteiger charge is -1.98. The van der Waals surface area contributed by atoms with E-state index in [9.17, 15) is 0 Å². The molecule has 3 rings (SSSR count). The highest BCUT2D eigenvalue weighted by atomic mass is 16.5. The Morgan fingerprint density at radius 1 is 1.24 bits per heavy atom. The fourth-order valence-electron chi connectivity index (χ4n) is 1.93. The highest BCUT2D eigenvalue weighted by Crippen LogP contribution is 2.25. The van der Waals surface area contributed by atoms with E-state index in [2.05, 4.69) is 35.2 Å². The Kier molecular flexibility index (Phi) is 2.18. The fraction of sp³-hybridized carbons (Fsp3) is 0.250. The zero-order valence-electron chi connectivity index (χ0n) is 9.66. The smallest absolute Gasteiger partial charge is 0.291 e. The van der Waals surface area contributed by atoms with Crippen molar-refractivity contribution in [3.05, 3.63) is 36.4 Å². The number of rotatable bonds is 2. The molecule has 0 fully saturated rings. The predicted molar refractivity (Wildman–Crippen MR) is 63.0 cm³/mol. The van der Waals surface area contributed by atoms with Gasteiger partial charge in [0.15, 0.2) is 0 Å². The second kappa shape index (κ2) is 3.69. The normalized spacial score (nSPS) is 11.5. The molecular formula is C12H12N4O. The highest BCUT2D eigenvalue weighted by molar-refractivity contribution is 5.83. The first-order valence-corrected chi connectivity index (χ1v) is 5.52. The number of hydrogen-bond acceptors (Lipinski definition) is 4. The van der Waals surface area contributed by atoms with Gasteiger partial charge in [-0.2, -0.15) is 14.8 Å². The molecule has 5 nitrogen and oxygen atoms in total. The third-order valence-electron chi connectivity index (χ3n) is 2.70. The minimum Gasteiger partial charge on any atom is -0.341 e. The summed E-state index contributed by atoms with van der Waals surface area (Å²) in [5.74, 6) is 0.821. The third kappa shape index (κ3) is 1.51. The summed E-state index contributed by atoms with van der Waals surface area (Å²) in [6.45, 7) is 4.24. The van der Waals surface area contributed by atoms with E-state index in [0.29, 0.717) is 11.9 Å². The zero-order chi connectivity index (χ0) is 11.8. The van der Waals surface area contributed by atoms with E-state index in [1.54, 1.807) is 4.68 Å². The molecule has 2 aromatic heterocycles. The Bertz CT molecular complexity index is 640. The van der Waals surface area contributed by atoms with Gasteiger partial charge in [0.25, 0.3) is 5.95 Å². The molecule has 0 bridgehead atoms. The van der Waals surface area contributed by atoms with E-state index < -0.39 is 0 Å². The maximum Gasteiger partial charge on any atom is 0.291 e. The van der Waals surface area contributed by atoms with Crippen molar-refractivity contribution in [3.8, 4) is 5.95 Å². The summed E-state index contributed by atoms with van der Waals surface area (Å²) in [5, 5.41) is 9.52. The first kappa shape index (κ1) is 10.0. The molecule has 0 spiro atoms. The molecule has 0 aliphatic carbocycles. The molecule has 0 atom stereocenters. The van der Waals surface area contributed by atoms with Gasteiger partial charge in [-0.15, -0.1) is 0 Å². The van der Waals surface area contributed by atoms with Crippen LogP contribution in [0.1, 0.15) is 25.5 Å². The molecule has 86 valence electrons. The fourth-order valence-corrected chi connectivity index (χ4v) is 1.93. The van der Waals surface area contributed by atoms with Crippen molar-refractivity contribution in [1.82, 2.24) is 19.9 Å². The summed E-state index contributed by atoms with van der Waals surface area (Å²) in [6, 6.07) is 8.06. The summed E-state index contributed by atoms with van der Waals surface area (Å²) >= 11 is 0. The van der Waals surface area contributed by atoms with Crippen molar-refractivity contribution < 1.29 is 4.52 Å². The minimum absolute atomic E-state index is 0.355. The summed E-state index contributed by atoms with van der Waals surface area (Å²) in [4.78, 5) is 4.03. The van der Waals surface area contributed by atoms with Gasteiger partial charge in [0.05, 0.1) is 11.2 Å². The Morgan fingerprint density at radius 3 is 2.76 bits per heavy atom. The van der Waals surface area contributed by atoms with Crippen LogP contribution < -0.4 is 0 Å². The first-order chi connectivity index (χ1) is 8.27. The van der Waals surface area contributed by atoms with E-state index in [0.717, 1.165) is 16.6 Å². The Morgan fingerprint density at radius 2 is 2.06 bits per heavy atom. The SMILES string of the molecule is CC(C)c1nn(-c2ncon2)c2ccccc12. The van der Waals surface area contributed by atoms with Gasteiger partial charge < -0.3 is 4.52 Å². The lowest BCUT2D eigenvalue weighted by molar-refractivity contribution is 0.413. The van der Waals surface area contributed by atoms with E-state index in [1.807, 2.05) is 18.2 Å². The van der Waals surface area contributed by atoms with Crippen LogP contribution in [0.15, 0.2) is 35.2 Å². The molecule has 3 aromatic rings. The van der Waals surface area contributed by atoms with Crippen LogP contribution in [0.2, 0.25) is 0 Å². The average molecular weight is 228 g/mol. The van der Waals surface area contributed by atoms with Crippen molar-refractivity contribution in [2.24, 2.45) is 0 Å². The van der Waals surface area contributed by atoms with E-state index in [1.165, 1.54) is 6.39 Å². The number of fused-ring (bicyclic) bond motifs is 1. The standard InChI is InChI=1S/C12H12N4O/c1-8(2)11-9-5-3-4-6-10(9)16(14-11)12-13-7-17-15-12/h3-8H,1-2H3. The van der Waals surface area contributed by atoms with Crippen LogP contribution in [-0.4, -0.2) is 19.9 Å². The molecule has 0 saturated carbocycles. The summed E-state index contributed by atoms with van der Waals surface area (Å²) in [5.41, 5.74) is 2.04. The van der Waals surface area contributed by atoms with Gasteiger partial charge in [0.2, 0.25) is 6.39 Å². The summed E-state index contributed by atoms with van der Waals surface area (Å²) in [6.07, 6.45) is 1.31. The largest absolute Gasteiger partial charge is 0.341 e. The molecule has 1 aromatic carbocycles. The van der Waals surface area contributed by atoms with Crippen LogP contribution >= 0.6 is 0 Å². The van der Waals surface area contributed by atoms with Crippen LogP contribution in [0.3, 0.4) is 0 Å². The van der Waals surface area contributed by atoms with E-state index in [4.69, 9.17) is 4.52 Å². The quantitative estimate of drug-likeness (QED) is 0.676. The van der Waals surface area contributed by atoms with Gasteiger partial charge in [-0.3, -0.25) is 0 Å². The molecule has 0 unspecified atom stereocenters. The molecule has 5 heteroatoms. The van der Waals surface area contributed by atoms with Crippen LogP contribution in [0.5, 0.6) is 0 Å². The summed E-state index contributed by atoms with van der Waals surface area (Å²) < 4.78 is 6.48. The lowest BCUT2D eigenvalue weighted by Crippen LogP contribution is -1.99. The second-order valence-electron chi connectivity index (χ2n) is 4.20. The van der Waals surface area contributed by atoms with Gasteiger partial charge in [0, 0.05) is 5.39 Å². The van der Waals surface area contributed by atoms with Gasteiger partial charge in [0.1, 0.15) is 0 Å². The third-order valence-corrected chi connectivity index (χ3v) is 2.70. The Hall–Kier alpha value is -2.17. The second-order valence-corrected chi connectivity index (χ2v) is 4.20. The number of aromatic nitrogens is 4. The van der Waals surface area contributed by atoms with E-state index >= 15 is 0 Å².